The molecule has 1 saturated heterocycles. The molecule has 0 radical (unpaired) electrons. The van der Waals surface area contributed by atoms with Gasteiger partial charge in [0.05, 0.1) is 18.8 Å². The Morgan fingerprint density at radius 1 is 1.14 bits per heavy atom. The van der Waals surface area contributed by atoms with Gasteiger partial charge in [0.2, 0.25) is 0 Å². The zero-order chi connectivity index (χ0) is 25.1. The van der Waals surface area contributed by atoms with E-state index in [0.29, 0.717) is 25.9 Å². The van der Waals surface area contributed by atoms with Crippen LogP contribution in [0.15, 0.2) is 42.5 Å². The molecule has 4 nitrogen and oxygen atoms in total. The largest absolute Gasteiger partial charge is 0.492 e. The molecule has 8 heteroatoms. The van der Waals surface area contributed by atoms with Gasteiger partial charge in [-0.25, -0.2) is 0 Å². The topological polar surface area (TPSA) is 31.5 Å². The van der Waals surface area contributed by atoms with Crippen molar-refractivity contribution in [1.29, 1.82) is 0 Å². The molecule has 0 amide bonds. The molecule has 6 rings (SSSR count). The molecule has 1 spiro atoms. The highest BCUT2D eigenvalue weighted by molar-refractivity contribution is 5.86. The summed E-state index contributed by atoms with van der Waals surface area (Å²) in [6, 6.07) is 13.6. The number of hydrogen-bond acceptors (Lipinski definition) is 3. The second kappa shape index (κ2) is 8.77. The van der Waals surface area contributed by atoms with Crippen molar-refractivity contribution in [3.05, 3.63) is 64.8 Å². The van der Waals surface area contributed by atoms with Crippen molar-refractivity contribution in [3.63, 3.8) is 0 Å². The van der Waals surface area contributed by atoms with Gasteiger partial charge in [-0.05, 0) is 61.1 Å². The van der Waals surface area contributed by atoms with E-state index < -0.39 is 18.3 Å². The highest BCUT2D eigenvalue weighted by atomic mass is 19.4. The Hall–Kier alpha value is -2.58. The SMILES string of the molecule is C[C@@H]1Cc2c([nH]c3ccccc23)[C@@]2(CCc3cc(OCCN4CC(CF)C4)ccc32)N1CC(F)(F)F. The third-order valence-electron chi connectivity index (χ3n) is 8.30. The summed E-state index contributed by atoms with van der Waals surface area (Å²) in [6.07, 6.45) is -2.45. The number of alkyl halides is 4. The zero-order valence-corrected chi connectivity index (χ0v) is 20.4. The quantitative estimate of drug-likeness (QED) is 0.456. The number of aryl methyl sites for hydroxylation is 1. The van der Waals surface area contributed by atoms with Crippen molar-refractivity contribution < 1.29 is 22.3 Å². The predicted molar refractivity (Wildman–Crippen MR) is 131 cm³/mol. The van der Waals surface area contributed by atoms with Gasteiger partial charge in [0.1, 0.15) is 12.4 Å². The van der Waals surface area contributed by atoms with Gasteiger partial charge in [0, 0.05) is 48.2 Å². The van der Waals surface area contributed by atoms with Gasteiger partial charge in [-0.3, -0.25) is 14.2 Å². The van der Waals surface area contributed by atoms with Crippen LogP contribution in [-0.2, 0) is 18.4 Å². The maximum Gasteiger partial charge on any atom is 0.401 e. The summed E-state index contributed by atoms with van der Waals surface area (Å²) in [6.45, 7) is 3.48. The van der Waals surface area contributed by atoms with E-state index >= 15 is 0 Å². The van der Waals surface area contributed by atoms with Crippen LogP contribution < -0.4 is 4.74 Å². The van der Waals surface area contributed by atoms with E-state index in [2.05, 4.69) is 16.0 Å². The van der Waals surface area contributed by atoms with Crippen LogP contribution in [0.25, 0.3) is 10.9 Å². The molecule has 0 bridgehead atoms. The molecule has 2 atom stereocenters. The molecule has 3 aliphatic rings. The molecule has 0 unspecified atom stereocenters. The number of hydrogen-bond donors (Lipinski definition) is 1. The van der Waals surface area contributed by atoms with E-state index in [4.69, 9.17) is 4.74 Å². The first-order valence-corrected chi connectivity index (χ1v) is 12.8. The van der Waals surface area contributed by atoms with Gasteiger partial charge < -0.3 is 9.72 Å². The summed E-state index contributed by atoms with van der Waals surface area (Å²) < 4.78 is 60.2. The number of rotatable bonds is 6. The fourth-order valence-corrected chi connectivity index (χ4v) is 6.70. The van der Waals surface area contributed by atoms with E-state index in [1.807, 2.05) is 43.3 Å². The predicted octanol–water partition coefficient (Wildman–Crippen LogP) is 5.45. The van der Waals surface area contributed by atoms with E-state index in [1.54, 1.807) is 4.90 Å². The molecule has 3 heterocycles. The number of H-pyrrole nitrogens is 1. The monoisotopic (exact) mass is 501 g/mol. The summed E-state index contributed by atoms with van der Waals surface area (Å²) in [5.74, 6) is 0.879. The maximum absolute atomic E-state index is 13.9. The Morgan fingerprint density at radius 3 is 2.72 bits per heavy atom. The lowest BCUT2D eigenvalue weighted by atomic mass is 9.77. The summed E-state index contributed by atoms with van der Waals surface area (Å²) in [4.78, 5) is 7.37. The normalized spacial score (nSPS) is 24.8. The van der Waals surface area contributed by atoms with E-state index in [1.165, 1.54) is 0 Å². The Kier molecular flexibility index (Phi) is 5.80. The highest BCUT2D eigenvalue weighted by Gasteiger charge is 2.54. The average Bonchev–Trinajstić information content (AvgIpc) is 3.37. The summed E-state index contributed by atoms with van der Waals surface area (Å²) in [7, 11) is 0. The van der Waals surface area contributed by atoms with Crippen LogP contribution in [-0.4, -0.2) is 66.5 Å². The fourth-order valence-electron chi connectivity index (χ4n) is 6.70. The Morgan fingerprint density at radius 2 is 1.94 bits per heavy atom. The molecule has 1 aromatic heterocycles. The molecule has 2 aromatic carbocycles. The van der Waals surface area contributed by atoms with Crippen molar-refractivity contribution in [1.82, 2.24) is 14.8 Å². The van der Waals surface area contributed by atoms with Crippen molar-refractivity contribution in [2.45, 2.75) is 43.9 Å². The minimum absolute atomic E-state index is 0.147. The van der Waals surface area contributed by atoms with Crippen molar-refractivity contribution in [3.8, 4) is 5.75 Å². The van der Waals surface area contributed by atoms with Crippen LogP contribution in [0.2, 0.25) is 0 Å². The molecule has 2 aliphatic heterocycles. The molecule has 3 aromatic rings. The van der Waals surface area contributed by atoms with Gasteiger partial charge in [-0.1, -0.05) is 24.3 Å². The minimum Gasteiger partial charge on any atom is -0.492 e. The first-order chi connectivity index (χ1) is 17.3. The van der Waals surface area contributed by atoms with Gasteiger partial charge in [0.15, 0.2) is 0 Å². The summed E-state index contributed by atoms with van der Waals surface area (Å²) >= 11 is 0. The smallest absolute Gasteiger partial charge is 0.401 e. The second-order valence-electron chi connectivity index (χ2n) is 10.6. The lowest BCUT2D eigenvalue weighted by Gasteiger charge is -2.49. The molecule has 1 aliphatic carbocycles. The van der Waals surface area contributed by atoms with Crippen LogP contribution >= 0.6 is 0 Å². The lowest BCUT2D eigenvalue weighted by molar-refractivity contribution is -0.165. The number of aromatic nitrogens is 1. The van der Waals surface area contributed by atoms with E-state index in [-0.39, 0.29) is 18.6 Å². The van der Waals surface area contributed by atoms with Crippen molar-refractivity contribution >= 4 is 10.9 Å². The zero-order valence-electron chi connectivity index (χ0n) is 20.4. The Labute approximate surface area is 208 Å². The number of para-hydroxylation sites is 1. The molecule has 1 fully saturated rings. The number of halogens is 4. The number of ether oxygens (including phenoxy) is 1. The third-order valence-corrected chi connectivity index (χ3v) is 8.30. The van der Waals surface area contributed by atoms with Crippen molar-refractivity contribution in [2.24, 2.45) is 5.92 Å². The first-order valence-electron chi connectivity index (χ1n) is 12.8. The molecule has 0 saturated carbocycles. The molecule has 192 valence electrons. The van der Waals surface area contributed by atoms with E-state index in [9.17, 15) is 17.6 Å². The highest BCUT2D eigenvalue weighted by Crippen LogP contribution is 2.53. The van der Waals surface area contributed by atoms with Crippen LogP contribution in [0.1, 0.15) is 35.7 Å². The van der Waals surface area contributed by atoms with Crippen LogP contribution in [0.5, 0.6) is 5.75 Å². The molecular weight excluding hydrogens is 470 g/mol. The number of nitrogens with one attached hydrogen (secondary N) is 1. The molecular formula is C28H31F4N3O. The van der Waals surface area contributed by atoms with Crippen molar-refractivity contribution in [2.75, 3.05) is 39.5 Å². The second-order valence-corrected chi connectivity index (χ2v) is 10.6. The van der Waals surface area contributed by atoms with Crippen LogP contribution in [0, 0.1) is 5.92 Å². The average molecular weight is 502 g/mol. The lowest BCUT2D eigenvalue weighted by Crippen LogP contribution is -2.57. The molecule has 36 heavy (non-hydrogen) atoms. The van der Waals surface area contributed by atoms with Gasteiger partial charge in [-0.15, -0.1) is 0 Å². The minimum atomic E-state index is -4.30. The molecule has 1 N–H and O–H groups in total. The van der Waals surface area contributed by atoms with E-state index in [0.717, 1.165) is 58.7 Å². The van der Waals surface area contributed by atoms with Gasteiger partial charge in [0.25, 0.3) is 0 Å². The van der Waals surface area contributed by atoms with Gasteiger partial charge >= 0.3 is 6.18 Å². The number of aromatic amines is 1. The Bertz CT molecular complexity index is 1270. The number of likely N-dealkylation sites (tertiary alicyclic amines) is 1. The number of fused-ring (bicyclic) bond motifs is 6. The van der Waals surface area contributed by atoms with Gasteiger partial charge in [-0.2, -0.15) is 13.2 Å². The fraction of sp³-hybridized carbons (Fsp3) is 0.500. The maximum atomic E-state index is 13.9. The number of benzene rings is 2. The number of nitrogens with zero attached hydrogens (tertiary/aromatic N) is 2. The standard InChI is InChI=1S/C28H31F4N3O/c1-18-12-23-22-4-2-3-5-25(22)33-26(23)27(35(18)17-28(30,31)32)9-8-20-13-21(6-7-24(20)27)36-11-10-34-15-19(14-29)16-34/h2-7,13,18-19,33H,8-12,14-17H2,1H3/t18-,27+/m1/s1. The van der Waals surface area contributed by atoms with Crippen LogP contribution in [0.4, 0.5) is 17.6 Å². The Balaban J connectivity index is 1.34. The third kappa shape index (κ3) is 3.89. The summed E-state index contributed by atoms with van der Waals surface area (Å²) in [5, 5.41) is 1.10. The summed E-state index contributed by atoms with van der Waals surface area (Å²) in [5.41, 5.74) is 4.13. The van der Waals surface area contributed by atoms with Crippen LogP contribution in [0.3, 0.4) is 0 Å². The first kappa shape index (κ1) is 23.8.